The first-order valence-electron chi connectivity index (χ1n) is 7.19. The molecule has 7 nitrogen and oxygen atoms in total. The van der Waals surface area contributed by atoms with E-state index in [1.54, 1.807) is 6.33 Å². The summed E-state index contributed by atoms with van der Waals surface area (Å²) in [6, 6.07) is 0. The molecule has 3 heterocycles. The summed E-state index contributed by atoms with van der Waals surface area (Å²) in [7, 11) is 0. The van der Waals surface area contributed by atoms with Crippen molar-refractivity contribution in [1.82, 2.24) is 30.0 Å². The second-order valence-corrected chi connectivity index (χ2v) is 6.33. The van der Waals surface area contributed by atoms with Gasteiger partial charge in [0.15, 0.2) is 5.82 Å². The van der Waals surface area contributed by atoms with Crippen LogP contribution in [0.25, 0.3) is 0 Å². The third-order valence-corrected chi connectivity index (χ3v) is 3.43. The molecule has 0 fully saturated rings. The molecule has 1 aliphatic rings. The Hall–Kier alpha value is -2.02. The van der Waals surface area contributed by atoms with E-state index in [-0.39, 0.29) is 5.54 Å². The first-order valence-corrected chi connectivity index (χ1v) is 7.19. The standard InChI is InChI=1S/C14H21N7/c1-14(2,3)16-7-11-6-15-8-12(18-11)20-4-5-21-10-17-19-13(21)9-20/h6,8,10,16H,4-5,7,9H2,1-3H3. The van der Waals surface area contributed by atoms with Crippen LogP contribution in [0.2, 0.25) is 0 Å². The predicted octanol–water partition coefficient (Wildman–Crippen LogP) is 0.976. The van der Waals surface area contributed by atoms with Gasteiger partial charge in [-0.2, -0.15) is 0 Å². The summed E-state index contributed by atoms with van der Waals surface area (Å²) < 4.78 is 2.08. The Morgan fingerprint density at radius 1 is 1.24 bits per heavy atom. The molecular formula is C14H21N7. The highest BCUT2D eigenvalue weighted by atomic mass is 15.3. The fourth-order valence-electron chi connectivity index (χ4n) is 2.25. The lowest BCUT2D eigenvalue weighted by Gasteiger charge is -2.28. The van der Waals surface area contributed by atoms with Crippen molar-refractivity contribution < 1.29 is 0 Å². The maximum atomic E-state index is 4.70. The number of rotatable bonds is 3. The summed E-state index contributed by atoms with van der Waals surface area (Å²) >= 11 is 0. The van der Waals surface area contributed by atoms with Gasteiger partial charge >= 0.3 is 0 Å². The molecule has 2 aromatic rings. The van der Waals surface area contributed by atoms with E-state index in [0.29, 0.717) is 6.54 Å². The molecule has 2 aromatic heterocycles. The van der Waals surface area contributed by atoms with Crippen LogP contribution in [0.3, 0.4) is 0 Å². The fourth-order valence-corrected chi connectivity index (χ4v) is 2.25. The van der Waals surface area contributed by atoms with Crippen molar-refractivity contribution in [2.45, 2.75) is 45.9 Å². The van der Waals surface area contributed by atoms with Crippen LogP contribution in [0.15, 0.2) is 18.7 Å². The Morgan fingerprint density at radius 3 is 2.90 bits per heavy atom. The highest BCUT2D eigenvalue weighted by molar-refractivity contribution is 5.37. The smallest absolute Gasteiger partial charge is 0.152 e. The summed E-state index contributed by atoms with van der Waals surface area (Å²) in [5.41, 5.74) is 1.02. The van der Waals surface area contributed by atoms with Crippen molar-refractivity contribution in [3.8, 4) is 0 Å². The van der Waals surface area contributed by atoms with Crippen LogP contribution < -0.4 is 10.2 Å². The highest BCUT2D eigenvalue weighted by Gasteiger charge is 2.19. The van der Waals surface area contributed by atoms with E-state index in [2.05, 4.69) is 50.7 Å². The van der Waals surface area contributed by atoms with Gasteiger partial charge < -0.3 is 14.8 Å². The van der Waals surface area contributed by atoms with Crippen LogP contribution in [0.1, 0.15) is 32.3 Å². The third-order valence-electron chi connectivity index (χ3n) is 3.43. The van der Waals surface area contributed by atoms with Gasteiger partial charge in [-0.3, -0.25) is 4.98 Å². The number of nitrogens with one attached hydrogen (secondary N) is 1. The topological polar surface area (TPSA) is 71.8 Å². The third kappa shape index (κ3) is 3.36. The predicted molar refractivity (Wildman–Crippen MR) is 79.7 cm³/mol. The van der Waals surface area contributed by atoms with Crippen LogP contribution in [-0.4, -0.2) is 36.8 Å². The van der Waals surface area contributed by atoms with Gasteiger partial charge in [0.05, 0.1) is 18.4 Å². The molecule has 0 amide bonds. The molecule has 0 radical (unpaired) electrons. The maximum absolute atomic E-state index is 4.70. The van der Waals surface area contributed by atoms with Gasteiger partial charge in [-0.15, -0.1) is 10.2 Å². The Bertz CT molecular complexity index is 614. The van der Waals surface area contributed by atoms with Gasteiger partial charge in [0, 0.05) is 31.4 Å². The molecule has 1 aliphatic heterocycles. The average molecular weight is 287 g/mol. The van der Waals surface area contributed by atoms with Gasteiger partial charge in [-0.05, 0) is 20.8 Å². The summed E-state index contributed by atoms with van der Waals surface area (Å²) in [5.74, 6) is 1.87. The molecule has 0 saturated heterocycles. The molecule has 0 unspecified atom stereocenters. The lowest BCUT2D eigenvalue weighted by atomic mass is 10.1. The van der Waals surface area contributed by atoms with Gasteiger partial charge in [-0.1, -0.05) is 0 Å². The van der Waals surface area contributed by atoms with Crippen molar-refractivity contribution in [2.75, 3.05) is 11.4 Å². The molecule has 112 valence electrons. The van der Waals surface area contributed by atoms with E-state index in [4.69, 9.17) is 4.98 Å². The van der Waals surface area contributed by atoms with E-state index < -0.39 is 0 Å². The Morgan fingerprint density at radius 2 is 2.10 bits per heavy atom. The lowest BCUT2D eigenvalue weighted by molar-refractivity contribution is 0.420. The summed E-state index contributed by atoms with van der Waals surface area (Å²) in [4.78, 5) is 11.2. The van der Waals surface area contributed by atoms with Crippen LogP contribution in [0.5, 0.6) is 0 Å². The molecule has 0 saturated carbocycles. The lowest BCUT2D eigenvalue weighted by Crippen LogP contribution is -2.36. The molecule has 0 aromatic carbocycles. The largest absolute Gasteiger partial charge is 0.346 e. The minimum absolute atomic E-state index is 0.0687. The summed E-state index contributed by atoms with van der Waals surface area (Å²) in [5, 5.41) is 11.5. The average Bonchev–Trinajstić information content (AvgIpc) is 2.92. The van der Waals surface area contributed by atoms with Crippen molar-refractivity contribution >= 4 is 5.82 Å². The van der Waals surface area contributed by atoms with Crippen molar-refractivity contribution in [3.05, 3.63) is 30.2 Å². The second-order valence-electron chi connectivity index (χ2n) is 6.33. The number of nitrogens with zero attached hydrogens (tertiary/aromatic N) is 6. The minimum atomic E-state index is 0.0687. The zero-order valence-corrected chi connectivity index (χ0v) is 12.7. The Labute approximate surface area is 124 Å². The van der Waals surface area contributed by atoms with E-state index in [0.717, 1.165) is 37.0 Å². The molecule has 0 atom stereocenters. The zero-order valence-electron chi connectivity index (χ0n) is 12.7. The molecule has 0 spiro atoms. The van der Waals surface area contributed by atoms with Crippen molar-refractivity contribution in [1.29, 1.82) is 0 Å². The maximum Gasteiger partial charge on any atom is 0.152 e. The van der Waals surface area contributed by atoms with E-state index in [1.165, 1.54) is 0 Å². The van der Waals surface area contributed by atoms with Crippen molar-refractivity contribution in [2.24, 2.45) is 0 Å². The van der Waals surface area contributed by atoms with Crippen LogP contribution in [0.4, 0.5) is 5.82 Å². The van der Waals surface area contributed by atoms with Gasteiger partial charge in [-0.25, -0.2) is 4.98 Å². The normalized spacial score (nSPS) is 15.1. The number of aromatic nitrogens is 5. The van der Waals surface area contributed by atoms with Crippen LogP contribution in [0, 0.1) is 0 Å². The van der Waals surface area contributed by atoms with Gasteiger partial charge in [0.1, 0.15) is 12.1 Å². The number of hydrogen-bond acceptors (Lipinski definition) is 6. The monoisotopic (exact) mass is 287 g/mol. The van der Waals surface area contributed by atoms with E-state index >= 15 is 0 Å². The molecule has 0 aliphatic carbocycles. The number of anilines is 1. The minimum Gasteiger partial charge on any atom is -0.346 e. The first-order chi connectivity index (χ1) is 10.0. The SMILES string of the molecule is CC(C)(C)NCc1cncc(N2CCn3cnnc3C2)n1. The second kappa shape index (κ2) is 5.40. The van der Waals surface area contributed by atoms with Gasteiger partial charge in [0.25, 0.3) is 0 Å². The Kier molecular flexibility index (Phi) is 3.59. The number of fused-ring (bicyclic) bond motifs is 1. The van der Waals surface area contributed by atoms with E-state index in [1.807, 2.05) is 12.4 Å². The number of hydrogen-bond donors (Lipinski definition) is 1. The summed E-state index contributed by atoms with van der Waals surface area (Å²) in [6.45, 7) is 9.65. The zero-order chi connectivity index (χ0) is 14.9. The highest BCUT2D eigenvalue weighted by Crippen LogP contribution is 2.17. The van der Waals surface area contributed by atoms with Crippen LogP contribution in [-0.2, 0) is 19.6 Å². The first kappa shape index (κ1) is 13.9. The van der Waals surface area contributed by atoms with Crippen molar-refractivity contribution in [3.63, 3.8) is 0 Å². The molecular weight excluding hydrogens is 266 g/mol. The molecule has 1 N–H and O–H groups in total. The quantitative estimate of drug-likeness (QED) is 0.907. The molecule has 3 rings (SSSR count). The van der Waals surface area contributed by atoms with E-state index in [9.17, 15) is 0 Å². The van der Waals surface area contributed by atoms with Gasteiger partial charge in [0.2, 0.25) is 0 Å². The molecule has 0 bridgehead atoms. The Balaban J connectivity index is 1.72. The molecule has 21 heavy (non-hydrogen) atoms. The summed E-state index contributed by atoms with van der Waals surface area (Å²) in [6.07, 6.45) is 5.41. The molecule has 7 heteroatoms. The fraction of sp³-hybridized carbons (Fsp3) is 0.571. The van der Waals surface area contributed by atoms with Crippen LogP contribution >= 0.6 is 0 Å².